The quantitative estimate of drug-likeness (QED) is 0.0509. The number of aliphatic imine (C=N–C) groups is 1. The Morgan fingerprint density at radius 3 is 1.57 bits per heavy atom. The number of aliphatic hydroxyl groups excluding tert-OH is 4. The average molecular weight is 941 g/mol. The maximum atomic E-state index is 15.5. The number of alkyl halides is 8. The maximum absolute atomic E-state index is 15.5. The molecule has 23 heteroatoms. The topological polar surface area (TPSA) is 215 Å². The van der Waals surface area contributed by atoms with E-state index in [1.54, 1.807) is 0 Å². The van der Waals surface area contributed by atoms with Crippen molar-refractivity contribution in [1.29, 1.82) is 0 Å². The number of anilines is 1. The molecule has 6 rings (SSSR count). The molecular formula is C40H43Cl2F8N7O6. The van der Waals surface area contributed by atoms with E-state index in [2.05, 4.69) is 25.6 Å². The van der Waals surface area contributed by atoms with Gasteiger partial charge in [-0.05, 0) is 86.6 Å². The fourth-order valence-electron chi connectivity index (χ4n) is 6.22. The third-order valence-electron chi connectivity index (χ3n) is 9.76. The van der Waals surface area contributed by atoms with Crippen molar-refractivity contribution in [2.24, 2.45) is 4.99 Å². The van der Waals surface area contributed by atoms with Crippen LogP contribution in [0.5, 0.6) is 0 Å². The van der Waals surface area contributed by atoms with Gasteiger partial charge in [0.1, 0.15) is 12.2 Å². The first-order chi connectivity index (χ1) is 29.1. The van der Waals surface area contributed by atoms with Crippen molar-refractivity contribution in [2.45, 2.75) is 61.6 Å². The monoisotopic (exact) mass is 939 g/mol. The highest BCUT2D eigenvalue weighted by Gasteiger charge is 2.41. The van der Waals surface area contributed by atoms with Crippen LogP contribution in [-0.2, 0) is 28.5 Å². The number of carbonyl (C=O) groups is 1. The Morgan fingerprint density at radius 1 is 0.778 bits per heavy atom. The molecule has 0 bridgehead atoms. The van der Waals surface area contributed by atoms with Crippen molar-refractivity contribution in [2.75, 3.05) is 44.7 Å². The fraction of sp³-hybridized carbons (Fsp3) is 0.400. The van der Waals surface area contributed by atoms with Crippen LogP contribution in [0.2, 0.25) is 10.0 Å². The number of nitrogens with zero attached hydrogens (tertiary/aromatic N) is 4. The molecule has 2 fully saturated rings. The van der Waals surface area contributed by atoms with Gasteiger partial charge in [0.15, 0.2) is 11.3 Å². The molecule has 0 radical (unpaired) electrons. The van der Waals surface area contributed by atoms with Gasteiger partial charge in [-0.25, -0.2) is 18.4 Å². The first kappa shape index (κ1) is 52.5. The average Bonchev–Trinajstić information content (AvgIpc) is 3.23. The van der Waals surface area contributed by atoms with E-state index < -0.39 is 66.3 Å². The number of hydrogen-bond donors (Lipinski definition) is 7. The van der Waals surface area contributed by atoms with Crippen LogP contribution in [0.1, 0.15) is 71.5 Å². The zero-order valence-electron chi connectivity index (χ0n) is 33.0. The maximum Gasteiger partial charge on any atom is 0.416 e. The summed E-state index contributed by atoms with van der Waals surface area (Å²) in [5, 5.41) is 42.7. The number of halogens is 10. The minimum atomic E-state index is -4.47. The van der Waals surface area contributed by atoms with Crippen LogP contribution in [0.15, 0.2) is 78.0 Å². The lowest BCUT2D eigenvalue weighted by Crippen LogP contribution is -2.45. The van der Waals surface area contributed by atoms with Gasteiger partial charge < -0.3 is 42.1 Å². The molecule has 344 valence electrons. The third kappa shape index (κ3) is 14.3. The van der Waals surface area contributed by atoms with Crippen LogP contribution >= 0.6 is 23.2 Å². The number of carbonyl (C=O) groups excluding carboxylic acids is 2. The molecule has 63 heavy (non-hydrogen) atoms. The lowest BCUT2D eigenvalue weighted by Gasteiger charge is -2.36. The number of rotatable bonds is 8. The third-order valence-corrected chi connectivity index (χ3v) is 10.3. The highest BCUT2D eigenvalue weighted by Crippen LogP contribution is 2.41. The van der Waals surface area contributed by atoms with E-state index in [0.29, 0.717) is 31.5 Å². The molecular weight excluding hydrogens is 897 g/mol. The summed E-state index contributed by atoms with van der Waals surface area (Å²) in [6, 6.07) is 10.2. The van der Waals surface area contributed by atoms with Crippen LogP contribution in [0.4, 0.5) is 51.3 Å². The number of aromatic nitrogens is 2. The first-order valence-electron chi connectivity index (χ1n) is 18.6. The smallest absolute Gasteiger partial charge is 0.393 e. The van der Waals surface area contributed by atoms with Gasteiger partial charge in [-0.3, -0.25) is 9.97 Å². The Balaban J connectivity index is 0.000000278. The molecule has 2 amide bonds. The summed E-state index contributed by atoms with van der Waals surface area (Å²) in [5.74, 6) is 0. The van der Waals surface area contributed by atoms with Crippen LogP contribution in [0.3, 0.4) is 0 Å². The normalized spacial score (nSPS) is 16.6. The van der Waals surface area contributed by atoms with E-state index >= 15 is 4.39 Å². The van der Waals surface area contributed by atoms with Crippen LogP contribution < -0.4 is 16.8 Å². The van der Waals surface area contributed by atoms with Gasteiger partial charge in [-0.15, -0.1) is 0 Å². The molecule has 0 spiro atoms. The number of aliphatic hydroxyl groups is 4. The van der Waals surface area contributed by atoms with Crippen molar-refractivity contribution >= 4 is 46.7 Å². The Labute approximate surface area is 365 Å². The lowest BCUT2D eigenvalue weighted by atomic mass is 9.89. The number of nitrogens with one attached hydrogen (secondary N) is 2. The SMILES string of the molecule is N.O=C(Nc1ccc(C(F)(F)F)cc1)N1CCC(F)(c2ncc([C@H](O)CO)cc2Cl)CC1.O=C=Nc1ccc(C(F)(F)F)cc1.OC[C@@H](O)c1cnc(C2(F)CCNCC2)c(Cl)c1. The van der Waals surface area contributed by atoms with Crippen molar-refractivity contribution in [3.8, 4) is 0 Å². The predicted octanol–water partition coefficient (Wildman–Crippen LogP) is 8.42. The molecule has 0 saturated carbocycles. The molecule has 2 aliphatic rings. The standard InChI is InChI=1S/C20H20ClF4N3O3.C12H16ClFN2O2.C8H4F3NO.H3N/c21-15-9-12(16(30)11-29)10-26-17(15)19(22)5-7-28(8-6-19)18(31)27-14-3-1-13(2-4-14)20(23,24)25;13-9-5-8(10(18)7-17)6-16-11(9)12(14)1-3-15-4-2-12;9-8(10,11)6-1-3-7(4-2-6)12-5-13;/h1-4,9-10,16,29-30H,5-8,11H2,(H,27,31);5-6,10,15,17-18H,1-4,7H2;1-4H;1H3/t16-;10-;;/m11../s1. The number of isocyanates is 1. The number of piperidine rings is 2. The molecule has 0 unspecified atom stereocenters. The van der Waals surface area contributed by atoms with Gasteiger partial charge in [0.2, 0.25) is 6.08 Å². The van der Waals surface area contributed by atoms with E-state index in [1.165, 1.54) is 35.5 Å². The Hall–Kier alpha value is -4.83. The number of hydrogen-bond acceptors (Lipinski definition) is 11. The van der Waals surface area contributed by atoms with Gasteiger partial charge in [0.05, 0.1) is 51.5 Å². The highest BCUT2D eigenvalue weighted by atomic mass is 35.5. The summed E-state index contributed by atoms with van der Waals surface area (Å²) in [4.78, 5) is 34.7. The van der Waals surface area contributed by atoms with Gasteiger partial charge >= 0.3 is 18.4 Å². The number of pyridine rings is 2. The van der Waals surface area contributed by atoms with Crippen LogP contribution in [0, 0.1) is 0 Å². The predicted molar refractivity (Wildman–Crippen MR) is 216 cm³/mol. The summed E-state index contributed by atoms with van der Waals surface area (Å²) in [6.45, 7) is 0.332. The Bertz CT molecular complexity index is 2150. The molecule has 2 saturated heterocycles. The second kappa shape index (κ2) is 22.7. The van der Waals surface area contributed by atoms with E-state index in [1.807, 2.05) is 0 Å². The highest BCUT2D eigenvalue weighted by molar-refractivity contribution is 6.31. The molecule has 4 aromatic rings. The molecule has 2 aliphatic heterocycles. The molecule has 0 aliphatic carbocycles. The zero-order chi connectivity index (χ0) is 45.9. The van der Waals surface area contributed by atoms with Crippen LogP contribution in [-0.4, -0.2) is 86.8 Å². The van der Waals surface area contributed by atoms with E-state index in [9.17, 15) is 50.5 Å². The first-order valence-corrected chi connectivity index (χ1v) is 19.4. The minimum Gasteiger partial charge on any atom is -0.393 e. The lowest BCUT2D eigenvalue weighted by molar-refractivity contribution is -0.138. The van der Waals surface area contributed by atoms with Crippen molar-refractivity contribution in [3.05, 3.63) is 117 Å². The van der Waals surface area contributed by atoms with Gasteiger partial charge in [-0.1, -0.05) is 23.2 Å². The molecule has 13 nitrogen and oxygen atoms in total. The van der Waals surface area contributed by atoms with E-state index in [-0.39, 0.29) is 70.5 Å². The summed E-state index contributed by atoms with van der Waals surface area (Å²) < 4.78 is 104. The van der Waals surface area contributed by atoms with Gasteiger partial charge in [-0.2, -0.15) is 31.3 Å². The summed E-state index contributed by atoms with van der Waals surface area (Å²) in [7, 11) is 0. The molecule has 2 atom stereocenters. The van der Waals surface area contributed by atoms with Crippen molar-refractivity contribution < 1.29 is 65.1 Å². The van der Waals surface area contributed by atoms with Crippen LogP contribution in [0.25, 0.3) is 0 Å². The van der Waals surface area contributed by atoms with Gasteiger partial charge in [0.25, 0.3) is 0 Å². The largest absolute Gasteiger partial charge is 0.416 e. The minimum absolute atomic E-state index is 0. The number of likely N-dealkylation sites (tertiary alicyclic amines) is 1. The number of urea groups is 1. The number of benzene rings is 2. The van der Waals surface area contributed by atoms with E-state index in [0.717, 1.165) is 48.5 Å². The molecule has 2 aromatic heterocycles. The molecule has 2 aromatic carbocycles. The number of amides is 2. The summed E-state index contributed by atoms with van der Waals surface area (Å²) in [5.41, 5.74) is -3.77. The Kier molecular flexibility index (Phi) is 18.9. The fourth-order valence-corrected chi connectivity index (χ4v) is 6.91. The van der Waals surface area contributed by atoms with Crippen molar-refractivity contribution in [1.82, 2.24) is 26.3 Å². The molecule has 4 heterocycles. The van der Waals surface area contributed by atoms with Gasteiger partial charge in [0, 0.05) is 55.1 Å². The summed E-state index contributed by atoms with van der Waals surface area (Å²) >= 11 is 12.2. The Morgan fingerprint density at radius 2 is 1.19 bits per heavy atom. The zero-order valence-corrected chi connectivity index (χ0v) is 34.5. The second-order valence-corrected chi connectivity index (χ2v) is 14.8. The summed E-state index contributed by atoms with van der Waals surface area (Å²) in [6.07, 6.45) is -6.68. The second-order valence-electron chi connectivity index (χ2n) is 14.0. The van der Waals surface area contributed by atoms with E-state index in [4.69, 9.17) is 33.4 Å². The molecule has 9 N–H and O–H groups in total. The van der Waals surface area contributed by atoms with Crippen molar-refractivity contribution in [3.63, 3.8) is 0 Å².